The molecule has 0 radical (unpaired) electrons. The number of likely N-dealkylation sites (tertiary alicyclic amines) is 1. The number of carboxylic acid groups (broad SMARTS) is 1. The molecule has 1 amide bonds. The highest BCUT2D eigenvalue weighted by Gasteiger charge is 2.53. The maximum atomic E-state index is 13.0. The number of amides is 1. The molecular weight excluding hydrogens is 384 g/mol. The van der Waals surface area contributed by atoms with Crippen LogP contribution in [0.3, 0.4) is 0 Å². The van der Waals surface area contributed by atoms with E-state index in [4.69, 9.17) is 11.5 Å². The third-order valence-electron chi connectivity index (χ3n) is 5.05. The van der Waals surface area contributed by atoms with Crippen LogP contribution in [0.1, 0.15) is 24.8 Å². The van der Waals surface area contributed by atoms with Gasteiger partial charge in [-0.1, -0.05) is 30.3 Å². The van der Waals surface area contributed by atoms with Gasteiger partial charge < -0.3 is 16.6 Å². The average Bonchev–Trinajstić information content (AvgIpc) is 3.15. The number of hydrogen-bond donors (Lipinski definition) is 3. The van der Waals surface area contributed by atoms with Crippen LogP contribution in [0.25, 0.3) is 0 Å². The standard InChI is InChI=1S/C18H28N4O5S/c19-9-5-11-28(26,27)22(17(24)25)18(14-23,12-15-6-2-1-3-7-15)21-10-4-8-16(21)13-20/h1-3,6-7,14,16H,4-5,8-13,19-20H2,(H,24,25). The molecule has 9 nitrogen and oxygen atoms in total. The number of nitrogens with two attached hydrogens (primary N) is 2. The van der Waals surface area contributed by atoms with Gasteiger partial charge in [0.15, 0.2) is 11.9 Å². The van der Waals surface area contributed by atoms with Gasteiger partial charge in [0.25, 0.3) is 0 Å². The predicted molar refractivity (Wildman–Crippen MR) is 105 cm³/mol. The number of benzene rings is 1. The summed E-state index contributed by atoms with van der Waals surface area (Å²) in [4.78, 5) is 26.3. The van der Waals surface area contributed by atoms with Crippen molar-refractivity contribution in [1.29, 1.82) is 0 Å². The summed E-state index contributed by atoms with van der Waals surface area (Å²) in [6, 6.07) is 8.47. The second kappa shape index (κ2) is 9.46. The van der Waals surface area contributed by atoms with E-state index in [0.29, 0.717) is 35.5 Å². The fraction of sp³-hybridized carbons (Fsp3) is 0.556. The van der Waals surface area contributed by atoms with Gasteiger partial charge in [-0.25, -0.2) is 13.2 Å². The van der Waals surface area contributed by atoms with E-state index in [9.17, 15) is 23.1 Å². The molecule has 0 aromatic heterocycles. The van der Waals surface area contributed by atoms with Crippen molar-refractivity contribution in [3.05, 3.63) is 35.9 Å². The van der Waals surface area contributed by atoms with Crippen molar-refractivity contribution in [1.82, 2.24) is 9.21 Å². The van der Waals surface area contributed by atoms with Crippen molar-refractivity contribution in [2.45, 2.75) is 37.4 Å². The Hall–Kier alpha value is -2.01. The summed E-state index contributed by atoms with van der Waals surface area (Å²) >= 11 is 0. The van der Waals surface area contributed by atoms with Gasteiger partial charge in [-0.2, -0.15) is 4.31 Å². The zero-order valence-electron chi connectivity index (χ0n) is 15.7. The molecule has 0 aliphatic carbocycles. The molecule has 1 aliphatic rings. The second-order valence-corrected chi connectivity index (χ2v) is 8.83. The Morgan fingerprint density at radius 1 is 1.32 bits per heavy atom. The smallest absolute Gasteiger partial charge is 0.423 e. The molecule has 10 heteroatoms. The van der Waals surface area contributed by atoms with Crippen molar-refractivity contribution in [2.24, 2.45) is 11.5 Å². The van der Waals surface area contributed by atoms with Gasteiger partial charge in [-0.05, 0) is 31.4 Å². The van der Waals surface area contributed by atoms with Crippen LogP contribution >= 0.6 is 0 Å². The Morgan fingerprint density at radius 2 is 2.00 bits per heavy atom. The minimum atomic E-state index is -4.30. The summed E-state index contributed by atoms with van der Waals surface area (Å²) < 4.78 is 26.2. The zero-order chi connectivity index (χ0) is 20.8. The monoisotopic (exact) mass is 412 g/mol. The third kappa shape index (κ3) is 4.52. The molecule has 156 valence electrons. The fourth-order valence-corrected chi connectivity index (χ4v) is 5.46. The van der Waals surface area contributed by atoms with E-state index in [2.05, 4.69) is 0 Å². The van der Waals surface area contributed by atoms with E-state index in [1.54, 1.807) is 35.2 Å². The SMILES string of the molecule is NCCCS(=O)(=O)N(C(=O)O)C(C=O)(Cc1ccccc1)N1CCCC1CN. The van der Waals surface area contributed by atoms with E-state index in [1.807, 2.05) is 0 Å². The Kier molecular flexibility index (Phi) is 7.53. The lowest BCUT2D eigenvalue weighted by Crippen LogP contribution is -2.68. The van der Waals surface area contributed by atoms with Crippen molar-refractivity contribution >= 4 is 22.4 Å². The first kappa shape index (κ1) is 22.3. The van der Waals surface area contributed by atoms with Gasteiger partial charge in [0, 0.05) is 25.6 Å². The number of aldehydes is 1. The summed E-state index contributed by atoms with van der Waals surface area (Å²) in [5.41, 5.74) is 10.0. The maximum absolute atomic E-state index is 13.0. The number of rotatable bonds is 10. The summed E-state index contributed by atoms with van der Waals surface area (Å²) in [6.07, 6.45) is 0.0963. The fourth-order valence-electron chi connectivity index (χ4n) is 3.82. The zero-order valence-corrected chi connectivity index (χ0v) is 16.6. The van der Waals surface area contributed by atoms with E-state index in [1.165, 1.54) is 0 Å². The molecule has 1 aliphatic heterocycles. The maximum Gasteiger partial charge on any atom is 0.423 e. The van der Waals surface area contributed by atoms with Crippen LogP contribution in [0.5, 0.6) is 0 Å². The van der Waals surface area contributed by atoms with Crippen molar-refractivity contribution in [3.8, 4) is 0 Å². The largest absolute Gasteiger partial charge is 0.464 e. The topological polar surface area (TPSA) is 147 Å². The van der Waals surface area contributed by atoms with Crippen LogP contribution in [0, 0.1) is 0 Å². The molecule has 5 N–H and O–H groups in total. The Morgan fingerprint density at radius 3 is 2.54 bits per heavy atom. The van der Waals surface area contributed by atoms with Crippen molar-refractivity contribution < 1.29 is 23.1 Å². The van der Waals surface area contributed by atoms with E-state index >= 15 is 0 Å². The molecule has 28 heavy (non-hydrogen) atoms. The van der Waals surface area contributed by atoms with E-state index < -0.39 is 27.5 Å². The number of carbonyl (C=O) groups excluding carboxylic acids is 1. The van der Waals surface area contributed by atoms with Gasteiger partial charge in [0.05, 0.1) is 5.75 Å². The number of hydrogen-bond acceptors (Lipinski definition) is 7. The lowest BCUT2D eigenvalue weighted by molar-refractivity contribution is -0.126. The summed E-state index contributed by atoms with van der Waals surface area (Å²) in [7, 11) is -4.30. The lowest BCUT2D eigenvalue weighted by Gasteiger charge is -2.46. The molecule has 1 fully saturated rings. The average molecular weight is 413 g/mol. The minimum Gasteiger partial charge on any atom is -0.464 e. The highest BCUT2D eigenvalue weighted by Crippen LogP contribution is 2.34. The first-order valence-corrected chi connectivity index (χ1v) is 10.9. The number of nitrogens with zero attached hydrogens (tertiary/aromatic N) is 2. The van der Waals surface area contributed by atoms with Gasteiger partial charge in [0.2, 0.25) is 10.0 Å². The van der Waals surface area contributed by atoms with Crippen LogP contribution in [0.15, 0.2) is 30.3 Å². The first-order chi connectivity index (χ1) is 13.3. The molecular formula is C18H28N4O5S. The summed E-state index contributed by atoms with van der Waals surface area (Å²) in [5.74, 6) is -0.457. The quantitative estimate of drug-likeness (QED) is 0.462. The van der Waals surface area contributed by atoms with Crippen LogP contribution in [0.4, 0.5) is 4.79 Å². The molecule has 1 aromatic rings. The molecule has 0 bridgehead atoms. The molecule has 0 saturated carbocycles. The van der Waals surface area contributed by atoms with Gasteiger partial charge in [0.1, 0.15) is 0 Å². The first-order valence-electron chi connectivity index (χ1n) is 9.25. The van der Waals surface area contributed by atoms with Crippen LogP contribution in [-0.4, -0.2) is 72.2 Å². The van der Waals surface area contributed by atoms with Crippen LogP contribution in [0.2, 0.25) is 0 Å². The Labute approximate surface area is 165 Å². The molecule has 2 atom stereocenters. The molecule has 2 rings (SSSR count). The van der Waals surface area contributed by atoms with Crippen molar-refractivity contribution in [2.75, 3.05) is 25.4 Å². The second-order valence-electron chi connectivity index (χ2n) is 6.89. The molecule has 2 unspecified atom stereocenters. The highest BCUT2D eigenvalue weighted by atomic mass is 32.2. The molecule has 1 aromatic carbocycles. The van der Waals surface area contributed by atoms with Gasteiger partial charge in [-0.3, -0.25) is 9.69 Å². The van der Waals surface area contributed by atoms with Crippen LogP contribution in [-0.2, 0) is 21.2 Å². The predicted octanol–water partition coefficient (Wildman–Crippen LogP) is 0.206. The number of carbonyl (C=O) groups is 2. The normalized spacial score (nSPS) is 19.9. The molecule has 1 heterocycles. The van der Waals surface area contributed by atoms with E-state index in [0.717, 1.165) is 0 Å². The van der Waals surface area contributed by atoms with Crippen LogP contribution < -0.4 is 11.5 Å². The lowest BCUT2D eigenvalue weighted by atomic mass is 9.97. The van der Waals surface area contributed by atoms with Gasteiger partial charge >= 0.3 is 6.09 Å². The summed E-state index contributed by atoms with van der Waals surface area (Å²) in [6.45, 7) is 0.666. The van der Waals surface area contributed by atoms with Crippen molar-refractivity contribution in [3.63, 3.8) is 0 Å². The Bertz CT molecular complexity index is 773. The minimum absolute atomic E-state index is 0.0900. The number of sulfonamides is 1. The molecule has 0 spiro atoms. The highest BCUT2D eigenvalue weighted by molar-refractivity contribution is 7.89. The summed E-state index contributed by atoms with van der Waals surface area (Å²) in [5, 5.41) is 9.87. The van der Waals surface area contributed by atoms with Gasteiger partial charge in [-0.15, -0.1) is 0 Å². The Balaban J connectivity index is 2.62. The van der Waals surface area contributed by atoms with E-state index in [-0.39, 0.29) is 32.0 Å². The molecule has 1 saturated heterocycles. The third-order valence-corrected chi connectivity index (χ3v) is 6.89.